The van der Waals surface area contributed by atoms with Crippen LogP contribution in [0.4, 0.5) is 0 Å². The summed E-state index contributed by atoms with van der Waals surface area (Å²) < 4.78 is 15.8. The number of pyridine rings is 1. The predicted octanol–water partition coefficient (Wildman–Crippen LogP) is 3.49. The molecule has 2 aromatic heterocycles. The van der Waals surface area contributed by atoms with Gasteiger partial charge in [0.05, 0.1) is 38.8 Å². The Labute approximate surface area is 195 Å². The van der Waals surface area contributed by atoms with Crippen LogP contribution in [0.25, 0.3) is 10.7 Å². The Bertz CT molecular complexity index is 1100. The molecule has 0 radical (unpaired) electrons. The van der Waals surface area contributed by atoms with Crippen LogP contribution in [0.3, 0.4) is 0 Å². The van der Waals surface area contributed by atoms with E-state index in [1.807, 2.05) is 12.1 Å². The van der Waals surface area contributed by atoms with E-state index in [1.165, 1.54) is 0 Å². The van der Waals surface area contributed by atoms with E-state index in [4.69, 9.17) is 14.2 Å². The van der Waals surface area contributed by atoms with E-state index < -0.39 is 11.9 Å². The van der Waals surface area contributed by atoms with Gasteiger partial charge >= 0.3 is 11.9 Å². The van der Waals surface area contributed by atoms with E-state index in [9.17, 15) is 14.7 Å². The van der Waals surface area contributed by atoms with Gasteiger partial charge in [-0.3, -0.25) is 14.7 Å². The second-order valence-electron chi connectivity index (χ2n) is 6.94. The van der Waals surface area contributed by atoms with Gasteiger partial charge in [-0.15, -0.1) is 11.3 Å². The molecule has 0 amide bonds. The lowest BCUT2D eigenvalue weighted by molar-refractivity contribution is -0.144. The summed E-state index contributed by atoms with van der Waals surface area (Å²) in [6, 6.07) is 10.8. The fourth-order valence-corrected chi connectivity index (χ4v) is 4.11. The van der Waals surface area contributed by atoms with E-state index in [1.54, 1.807) is 56.5 Å². The minimum atomic E-state index is -1.08. The fourth-order valence-electron chi connectivity index (χ4n) is 3.22. The third kappa shape index (κ3) is 6.27. The van der Waals surface area contributed by atoms with Gasteiger partial charge in [0.25, 0.3) is 0 Å². The molecule has 0 saturated heterocycles. The van der Waals surface area contributed by atoms with E-state index >= 15 is 0 Å². The smallest absolute Gasteiger partial charge is 0.347 e. The molecule has 1 N–H and O–H groups in total. The molecule has 2 heterocycles. The van der Waals surface area contributed by atoms with Crippen molar-refractivity contribution in [3.8, 4) is 22.2 Å². The number of hydrogen-bond acceptors (Lipinski definition) is 9. The number of aromatic nitrogens is 2. The zero-order valence-electron chi connectivity index (χ0n) is 18.6. The lowest BCUT2D eigenvalue weighted by Crippen LogP contribution is -2.31. The van der Waals surface area contributed by atoms with Gasteiger partial charge in [-0.05, 0) is 25.1 Å². The molecule has 0 aliphatic carbocycles. The summed E-state index contributed by atoms with van der Waals surface area (Å²) in [6.07, 6.45) is 1.62. The van der Waals surface area contributed by atoms with Gasteiger partial charge in [0.15, 0.2) is 0 Å². The van der Waals surface area contributed by atoms with Gasteiger partial charge in [0, 0.05) is 30.9 Å². The van der Waals surface area contributed by atoms with Gasteiger partial charge in [-0.2, -0.15) is 0 Å². The van der Waals surface area contributed by atoms with Gasteiger partial charge < -0.3 is 19.3 Å². The number of nitrogens with zero attached hydrogens (tertiary/aromatic N) is 3. The van der Waals surface area contributed by atoms with Crippen molar-refractivity contribution in [3.63, 3.8) is 0 Å². The number of carboxylic acids is 1. The number of aromatic carboxylic acids is 1. The Balaban J connectivity index is 1.93. The molecule has 0 aliphatic rings. The average molecular weight is 472 g/mol. The molecule has 0 spiro atoms. The lowest BCUT2D eigenvalue weighted by atomic mass is 10.1. The van der Waals surface area contributed by atoms with Crippen LogP contribution in [0.5, 0.6) is 11.5 Å². The molecule has 0 aliphatic heterocycles. The summed E-state index contributed by atoms with van der Waals surface area (Å²) >= 11 is 1.05. The molecule has 174 valence electrons. The van der Waals surface area contributed by atoms with Gasteiger partial charge in [0.1, 0.15) is 21.4 Å². The van der Waals surface area contributed by atoms with Crippen LogP contribution in [-0.2, 0) is 22.6 Å². The largest absolute Gasteiger partial charge is 0.497 e. The van der Waals surface area contributed by atoms with Crippen LogP contribution in [0, 0.1) is 0 Å². The third-order valence-electron chi connectivity index (χ3n) is 4.70. The van der Waals surface area contributed by atoms with E-state index in [2.05, 4.69) is 9.97 Å². The van der Waals surface area contributed by atoms with Crippen molar-refractivity contribution in [2.75, 3.05) is 27.4 Å². The normalized spacial score (nSPS) is 10.8. The first kappa shape index (κ1) is 24.1. The Hall–Kier alpha value is -3.50. The Morgan fingerprint density at radius 2 is 1.94 bits per heavy atom. The molecule has 3 aromatic rings. The van der Waals surface area contributed by atoms with Crippen LogP contribution in [0.1, 0.15) is 27.9 Å². The van der Waals surface area contributed by atoms with Crippen LogP contribution in [0.2, 0.25) is 0 Å². The second-order valence-corrected chi connectivity index (χ2v) is 7.94. The van der Waals surface area contributed by atoms with Crippen LogP contribution in [-0.4, -0.2) is 59.3 Å². The summed E-state index contributed by atoms with van der Waals surface area (Å²) in [6.45, 7) is 2.37. The molecule has 9 nitrogen and oxygen atoms in total. The zero-order valence-corrected chi connectivity index (χ0v) is 19.4. The van der Waals surface area contributed by atoms with Crippen molar-refractivity contribution < 1.29 is 28.9 Å². The molecule has 3 rings (SSSR count). The first-order chi connectivity index (χ1) is 15.9. The van der Waals surface area contributed by atoms with Crippen molar-refractivity contribution in [2.45, 2.75) is 20.0 Å². The van der Waals surface area contributed by atoms with Gasteiger partial charge in [0.2, 0.25) is 0 Å². The first-order valence-electron chi connectivity index (χ1n) is 10.2. The number of carbonyl (C=O) groups excluding carboxylic acids is 1. The second kappa shape index (κ2) is 11.4. The number of rotatable bonds is 11. The van der Waals surface area contributed by atoms with Crippen molar-refractivity contribution in [3.05, 3.63) is 58.7 Å². The Morgan fingerprint density at radius 1 is 1.12 bits per heavy atom. The third-order valence-corrected chi connectivity index (χ3v) is 5.80. The predicted molar refractivity (Wildman–Crippen MR) is 123 cm³/mol. The molecule has 33 heavy (non-hydrogen) atoms. The average Bonchev–Trinajstić information content (AvgIpc) is 3.24. The summed E-state index contributed by atoms with van der Waals surface area (Å²) in [5, 5.41) is 10.2. The van der Waals surface area contributed by atoms with Crippen LogP contribution >= 0.6 is 11.3 Å². The standard InChI is InChI=1S/C23H25N3O6S/c1-4-32-20(27)14-26(12-15-8-9-16(30-2)11-19(15)31-3)13-18-21(23(28)29)33-22(25-18)17-7-5-6-10-24-17/h5-11H,4,12-14H2,1-3H3,(H,28,29). The highest BCUT2D eigenvalue weighted by molar-refractivity contribution is 7.17. The molecular formula is C23H25N3O6S. The number of carbonyl (C=O) groups is 2. The Kier molecular flexibility index (Phi) is 8.34. The maximum absolute atomic E-state index is 12.3. The highest BCUT2D eigenvalue weighted by Crippen LogP contribution is 2.29. The fraction of sp³-hybridized carbons (Fsp3) is 0.304. The summed E-state index contributed by atoms with van der Waals surface area (Å²) in [5.74, 6) is -0.265. The van der Waals surface area contributed by atoms with E-state index in [0.29, 0.717) is 34.4 Å². The van der Waals surface area contributed by atoms with Crippen molar-refractivity contribution in [1.29, 1.82) is 0 Å². The maximum atomic E-state index is 12.3. The molecule has 1 aromatic carbocycles. The van der Waals surface area contributed by atoms with Gasteiger partial charge in [-0.25, -0.2) is 9.78 Å². The number of methoxy groups -OCH3 is 2. The van der Waals surface area contributed by atoms with Crippen molar-refractivity contribution in [2.24, 2.45) is 0 Å². The zero-order chi connectivity index (χ0) is 23.8. The molecule has 10 heteroatoms. The highest BCUT2D eigenvalue weighted by Gasteiger charge is 2.23. The summed E-state index contributed by atoms with van der Waals surface area (Å²) in [7, 11) is 3.12. The summed E-state index contributed by atoms with van der Waals surface area (Å²) in [4.78, 5) is 34.9. The van der Waals surface area contributed by atoms with Gasteiger partial charge in [-0.1, -0.05) is 12.1 Å². The number of benzene rings is 1. The monoisotopic (exact) mass is 471 g/mol. The number of thiazole rings is 1. The minimum Gasteiger partial charge on any atom is -0.497 e. The number of hydrogen-bond donors (Lipinski definition) is 1. The van der Waals surface area contributed by atoms with E-state index in [-0.39, 0.29) is 24.6 Å². The maximum Gasteiger partial charge on any atom is 0.347 e. The Morgan fingerprint density at radius 3 is 2.58 bits per heavy atom. The molecule has 0 unspecified atom stereocenters. The van der Waals surface area contributed by atoms with Crippen LogP contribution in [0.15, 0.2) is 42.6 Å². The SMILES string of the molecule is CCOC(=O)CN(Cc1ccc(OC)cc1OC)Cc1nc(-c2ccccn2)sc1C(=O)O. The molecule has 0 fully saturated rings. The number of carboxylic acid groups (broad SMARTS) is 1. The van der Waals surface area contributed by atoms with Crippen LogP contribution < -0.4 is 9.47 Å². The highest BCUT2D eigenvalue weighted by atomic mass is 32.1. The van der Waals surface area contributed by atoms with Crippen molar-refractivity contribution in [1.82, 2.24) is 14.9 Å². The number of ether oxygens (including phenoxy) is 3. The first-order valence-corrected chi connectivity index (χ1v) is 11.0. The summed E-state index contributed by atoms with van der Waals surface area (Å²) in [5.41, 5.74) is 1.74. The molecule has 0 atom stereocenters. The lowest BCUT2D eigenvalue weighted by Gasteiger charge is -2.22. The number of esters is 1. The molecular weight excluding hydrogens is 446 g/mol. The quantitative estimate of drug-likeness (QED) is 0.420. The minimum absolute atomic E-state index is 0.0431. The van der Waals surface area contributed by atoms with E-state index in [0.717, 1.165) is 16.9 Å². The topological polar surface area (TPSA) is 111 Å². The van der Waals surface area contributed by atoms with Crippen molar-refractivity contribution >= 4 is 23.3 Å². The molecule has 0 bridgehead atoms. The molecule has 0 saturated carbocycles.